The first-order valence-corrected chi connectivity index (χ1v) is 9.96. The number of likely N-dealkylation sites (tertiary alicyclic amines) is 1. The quantitative estimate of drug-likeness (QED) is 0.628. The predicted molar refractivity (Wildman–Crippen MR) is 98.7 cm³/mol. The fraction of sp³-hybridized carbons (Fsp3) is 0.842. The summed E-state index contributed by atoms with van der Waals surface area (Å²) >= 11 is 0. The summed E-state index contributed by atoms with van der Waals surface area (Å²) < 4.78 is 0. The molecule has 3 N–H and O–H groups in total. The zero-order valence-corrected chi connectivity index (χ0v) is 16.1. The zero-order chi connectivity index (χ0) is 19.2. The molecule has 0 bridgehead atoms. The summed E-state index contributed by atoms with van der Waals surface area (Å²) in [4.78, 5) is 38.8. The van der Waals surface area contributed by atoms with Gasteiger partial charge in [-0.15, -0.1) is 0 Å². The van der Waals surface area contributed by atoms with Crippen LogP contribution in [0.3, 0.4) is 0 Å². The number of unbranched alkanes of at least 4 members (excludes halogenated alkanes) is 1. The van der Waals surface area contributed by atoms with Crippen molar-refractivity contribution in [1.29, 1.82) is 0 Å². The highest BCUT2D eigenvalue weighted by atomic mass is 16.4. The van der Waals surface area contributed by atoms with Crippen molar-refractivity contribution in [1.82, 2.24) is 15.5 Å². The number of amides is 3. The van der Waals surface area contributed by atoms with Crippen molar-refractivity contribution in [2.75, 3.05) is 19.6 Å². The Hall–Kier alpha value is -1.79. The number of carbonyl (C=O) groups excluding carboxylic acids is 2. The van der Waals surface area contributed by atoms with Gasteiger partial charge in [0.1, 0.15) is 5.54 Å². The van der Waals surface area contributed by atoms with E-state index in [1.54, 1.807) is 4.90 Å². The highest BCUT2D eigenvalue weighted by molar-refractivity contribution is 5.91. The van der Waals surface area contributed by atoms with Crippen LogP contribution in [-0.2, 0) is 9.59 Å². The number of carboxylic acid groups (broad SMARTS) is 1. The summed E-state index contributed by atoms with van der Waals surface area (Å²) in [5.41, 5.74) is -0.894. The van der Waals surface area contributed by atoms with E-state index in [4.69, 9.17) is 0 Å². The molecule has 2 aliphatic rings. The Morgan fingerprint density at radius 3 is 2.46 bits per heavy atom. The van der Waals surface area contributed by atoms with Gasteiger partial charge in [-0.1, -0.05) is 39.5 Å². The molecule has 0 aromatic heterocycles. The molecular formula is C19H33N3O4. The Kier molecular flexibility index (Phi) is 7.29. The van der Waals surface area contributed by atoms with Crippen molar-refractivity contribution in [2.45, 2.75) is 70.8 Å². The number of hydrogen-bond acceptors (Lipinski definition) is 3. The third-order valence-electron chi connectivity index (χ3n) is 5.58. The summed E-state index contributed by atoms with van der Waals surface area (Å²) in [5, 5.41) is 15.2. The first-order chi connectivity index (χ1) is 12.4. The van der Waals surface area contributed by atoms with Crippen LogP contribution < -0.4 is 10.6 Å². The Labute approximate surface area is 155 Å². The van der Waals surface area contributed by atoms with E-state index in [-0.39, 0.29) is 24.4 Å². The summed E-state index contributed by atoms with van der Waals surface area (Å²) in [7, 11) is 0. The fourth-order valence-electron chi connectivity index (χ4n) is 4.19. The molecule has 2 atom stereocenters. The smallest absolute Gasteiger partial charge is 0.315 e. The monoisotopic (exact) mass is 367 g/mol. The highest BCUT2D eigenvalue weighted by Gasteiger charge is 2.45. The van der Waals surface area contributed by atoms with Crippen LogP contribution in [0.5, 0.6) is 0 Å². The lowest BCUT2D eigenvalue weighted by molar-refractivity contribution is -0.149. The lowest BCUT2D eigenvalue weighted by Gasteiger charge is -2.43. The lowest BCUT2D eigenvalue weighted by atomic mass is 9.79. The van der Waals surface area contributed by atoms with E-state index in [0.717, 1.165) is 32.1 Å². The van der Waals surface area contributed by atoms with Crippen molar-refractivity contribution >= 4 is 17.9 Å². The molecule has 1 aliphatic carbocycles. The topological polar surface area (TPSA) is 98.7 Å². The predicted octanol–water partition coefficient (Wildman–Crippen LogP) is 2.36. The first kappa shape index (κ1) is 20.5. The van der Waals surface area contributed by atoms with Crippen LogP contribution in [-0.4, -0.2) is 53.1 Å². The second kappa shape index (κ2) is 9.24. The molecule has 2 unspecified atom stereocenters. The molecule has 7 heteroatoms. The number of rotatable bonds is 6. The summed E-state index contributed by atoms with van der Waals surface area (Å²) in [6.45, 7) is 5.42. The minimum absolute atomic E-state index is 0.111. The summed E-state index contributed by atoms with van der Waals surface area (Å²) in [5.74, 6) is -1.34. The molecule has 7 nitrogen and oxygen atoms in total. The SMILES string of the molecule is CCCCNC(=O)NC1(C(=O)N2CC(C)CC(C(=O)O)C2)CCCCC1. The van der Waals surface area contributed by atoms with Crippen LogP contribution >= 0.6 is 0 Å². The first-order valence-electron chi connectivity index (χ1n) is 9.96. The molecule has 2 fully saturated rings. The van der Waals surface area contributed by atoms with E-state index < -0.39 is 17.4 Å². The Morgan fingerprint density at radius 1 is 1.15 bits per heavy atom. The van der Waals surface area contributed by atoms with Gasteiger partial charge < -0.3 is 20.6 Å². The third-order valence-corrected chi connectivity index (χ3v) is 5.58. The second-order valence-electron chi connectivity index (χ2n) is 7.96. The third kappa shape index (κ3) is 5.11. The van der Waals surface area contributed by atoms with Crippen LogP contribution in [0.1, 0.15) is 65.2 Å². The molecule has 0 spiro atoms. The van der Waals surface area contributed by atoms with Crippen LogP contribution in [0.15, 0.2) is 0 Å². The molecule has 0 aromatic rings. The normalized spacial score (nSPS) is 25.4. The molecular weight excluding hydrogens is 334 g/mol. The number of nitrogens with zero attached hydrogens (tertiary/aromatic N) is 1. The standard InChI is InChI=1S/C19H33N3O4/c1-3-4-10-20-18(26)21-19(8-6-5-7-9-19)17(25)22-12-14(2)11-15(13-22)16(23)24/h14-15H,3-13H2,1-2H3,(H,23,24)(H2,20,21,26). The average molecular weight is 367 g/mol. The Morgan fingerprint density at radius 2 is 1.85 bits per heavy atom. The van der Waals surface area contributed by atoms with Gasteiger partial charge in [-0.05, 0) is 31.6 Å². The molecule has 26 heavy (non-hydrogen) atoms. The van der Waals surface area contributed by atoms with Gasteiger partial charge in [0.2, 0.25) is 5.91 Å². The van der Waals surface area contributed by atoms with Gasteiger partial charge in [0.05, 0.1) is 5.92 Å². The number of urea groups is 1. The zero-order valence-electron chi connectivity index (χ0n) is 16.1. The molecule has 0 radical (unpaired) electrons. The van der Waals surface area contributed by atoms with E-state index in [1.165, 1.54) is 0 Å². The van der Waals surface area contributed by atoms with Crippen LogP contribution in [0.4, 0.5) is 4.79 Å². The van der Waals surface area contributed by atoms with Gasteiger partial charge in [-0.2, -0.15) is 0 Å². The molecule has 3 amide bonds. The number of piperidine rings is 1. The molecule has 1 saturated carbocycles. The number of hydrogen-bond donors (Lipinski definition) is 3. The molecule has 148 valence electrons. The van der Waals surface area contributed by atoms with Gasteiger partial charge in [-0.25, -0.2) is 4.79 Å². The van der Waals surface area contributed by atoms with Gasteiger partial charge in [-0.3, -0.25) is 9.59 Å². The van der Waals surface area contributed by atoms with Gasteiger partial charge in [0.15, 0.2) is 0 Å². The maximum absolute atomic E-state index is 13.3. The minimum atomic E-state index is -0.894. The number of aliphatic carboxylic acids is 1. The highest BCUT2D eigenvalue weighted by Crippen LogP contribution is 2.32. The van der Waals surface area contributed by atoms with Crippen molar-refractivity contribution in [3.8, 4) is 0 Å². The van der Waals surface area contributed by atoms with Gasteiger partial charge >= 0.3 is 12.0 Å². The van der Waals surface area contributed by atoms with E-state index >= 15 is 0 Å². The lowest BCUT2D eigenvalue weighted by Crippen LogP contribution is -2.64. The van der Waals surface area contributed by atoms with Crippen molar-refractivity contribution in [2.24, 2.45) is 11.8 Å². The minimum Gasteiger partial charge on any atom is -0.481 e. The largest absolute Gasteiger partial charge is 0.481 e. The van der Waals surface area contributed by atoms with Crippen LogP contribution in [0.25, 0.3) is 0 Å². The summed E-state index contributed by atoms with van der Waals surface area (Å²) in [6.07, 6.45) is 6.58. The Bertz CT molecular complexity index is 517. The molecule has 1 saturated heterocycles. The van der Waals surface area contributed by atoms with Gasteiger partial charge in [0, 0.05) is 19.6 Å². The van der Waals surface area contributed by atoms with Crippen molar-refractivity contribution < 1.29 is 19.5 Å². The molecule has 2 rings (SSSR count). The number of carbonyl (C=O) groups is 3. The maximum Gasteiger partial charge on any atom is 0.315 e. The maximum atomic E-state index is 13.3. The van der Waals surface area contributed by atoms with Crippen LogP contribution in [0.2, 0.25) is 0 Å². The van der Waals surface area contributed by atoms with E-state index in [1.807, 2.05) is 6.92 Å². The van der Waals surface area contributed by atoms with Crippen molar-refractivity contribution in [3.05, 3.63) is 0 Å². The summed E-state index contributed by atoms with van der Waals surface area (Å²) in [6, 6.07) is -0.298. The van der Waals surface area contributed by atoms with Gasteiger partial charge in [0.25, 0.3) is 0 Å². The number of nitrogens with one attached hydrogen (secondary N) is 2. The van der Waals surface area contributed by atoms with Crippen LogP contribution in [0, 0.1) is 11.8 Å². The fourth-order valence-corrected chi connectivity index (χ4v) is 4.19. The molecule has 1 heterocycles. The Balaban J connectivity index is 2.10. The van der Waals surface area contributed by atoms with Crippen molar-refractivity contribution in [3.63, 3.8) is 0 Å². The second-order valence-corrected chi connectivity index (χ2v) is 7.96. The van der Waals surface area contributed by atoms with E-state index in [0.29, 0.717) is 32.4 Å². The van der Waals surface area contributed by atoms with E-state index in [2.05, 4.69) is 17.6 Å². The molecule has 1 aliphatic heterocycles. The molecule has 0 aromatic carbocycles. The van der Waals surface area contributed by atoms with E-state index in [9.17, 15) is 19.5 Å². The number of carboxylic acids is 1. The average Bonchev–Trinajstić information content (AvgIpc) is 2.61.